The van der Waals surface area contributed by atoms with Crippen molar-refractivity contribution in [3.8, 4) is 0 Å². The van der Waals surface area contributed by atoms with Gasteiger partial charge in [0.25, 0.3) is 11.8 Å². The van der Waals surface area contributed by atoms with Crippen LogP contribution in [0.25, 0.3) is 0 Å². The molecule has 0 bridgehead atoms. The van der Waals surface area contributed by atoms with Crippen molar-refractivity contribution in [3.63, 3.8) is 0 Å². The lowest BCUT2D eigenvalue weighted by atomic mass is 10.3. The molecule has 9 nitrogen and oxygen atoms in total. The van der Waals surface area contributed by atoms with Gasteiger partial charge >= 0.3 is 5.97 Å². The van der Waals surface area contributed by atoms with Gasteiger partial charge in [0.1, 0.15) is 6.54 Å². The molecule has 0 unspecified atom stereocenters. The van der Waals surface area contributed by atoms with Crippen molar-refractivity contribution in [3.05, 3.63) is 45.1 Å². The summed E-state index contributed by atoms with van der Waals surface area (Å²) in [6.45, 7) is 0.820. The first-order valence-corrected chi connectivity index (χ1v) is 11.2. The Morgan fingerprint density at radius 3 is 2.47 bits per heavy atom. The van der Waals surface area contributed by atoms with Crippen LogP contribution in [0.3, 0.4) is 0 Å². The van der Waals surface area contributed by atoms with Crippen LogP contribution in [0.15, 0.2) is 35.2 Å². The van der Waals surface area contributed by atoms with Crippen LogP contribution in [0.5, 0.6) is 0 Å². The number of carbonyl (C=O) groups is 3. The second kappa shape index (κ2) is 10.0. The normalized spacial score (nSPS) is 11.2. The summed E-state index contributed by atoms with van der Waals surface area (Å²) in [6, 6.07) is 7.28. The molecule has 2 aromatic rings. The number of nitrogens with one attached hydrogen (secondary N) is 2. The molecule has 2 amide bonds. The summed E-state index contributed by atoms with van der Waals surface area (Å²) in [5, 5.41) is 4.91. The number of ether oxygens (including phenoxy) is 1. The zero-order valence-electron chi connectivity index (χ0n) is 16.4. The molecule has 12 heteroatoms. The molecule has 2 rings (SSSR count). The number of amides is 2. The summed E-state index contributed by atoms with van der Waals surface area (Å²) in [5.41, 5.74) is 0.0574. The Labute approximate surface area is 183 Å². The summed E-state index contributed by atoms with van der Waals surface area (Å²) in [6.07, 6.45) is 0. The van der Waals surface area contributed by atoms with Gasteiger partial charge in [0.15, 0.2) is 6.61 Å². The second-order valence-corrected chi connectivity index (χ2v) is 10.1. The maximum Gasteiger partial charge on any atom is 0.325 e. The van der Waals surface area contributed by atoms with E-state index in [-0.39, 0.29) is 15.6 Å². The molecule has 0 fully saturated rings. The van der Waals surface area contributed by atoms with E-state index < -0.39 is 41.0 Å². The summed E-state index contributed by atoms with van der Waals surface area (Å²) in [5.74, 6) is -1.94. The molecule has 30 heavy (non-hydrogen) atoms. The maximum absolute atomic E-state index is 12.2. The average Bonchev–Trinajstić information content (AvgIpc) is 3.12. The van der Waals surface area contributed by atoms with Gasteiger partial charge in [-0.05, 0) is 37.3 Å². The third kappa shape index (κ3) is 6.26. The quantitative estimate of drug-likeness (QED) is 0.564. The van der Waals surface area contributed by atoms with E-state index in [0.29, 0.717) is 4.88 Å². The fourth-order valence-corrected chi connectivity index (χ4v) is 4.03. The number of halogens is 1. The lowest BCUT2D eigenvalue weighted by Gasteiger charge is -2.14. The summed E-state index contributed by atoms with van der Waals surface area (Å²) >= 11 is 7.29. The molecule has 0 aliphatic carbocycles. The highest BCUT2D eigenvalue weighted by Gasteiger charge is 2.19. The number of rotatable bonds is 8. The van der Waals surface area contributed by atoms with Crippen molar-refractivity contribution in [2.75, 3.05) is 32.6 Å². The van der Waals surface area contributed by atoms with Crippen LogP contribution in [0, 0.1) is 6.92 Å². The molecule has 0 aliphatic heterocycles. The minimum atomic E-state index is -3.72. The number of aryl methyl sites for hydroxylation is 1. The van der Waals surface area contributed by atoms with Crippen LogP contribution in [-0.2, 0) is 24.3 Å². The maximum atomic E-state index is 12.2. The number of nitrogens with zero attached hydrogens (tertiary/aromatic N) is 1. The van der Waals surface area contributed by atoms with E-state index >= 15 is 0 Å². The van der Waals surface area contributed by atoms with Gasteiger partial charge in [-0.25, -0.2) is 12.7 Å². The van der Waals surface area contributed by atoms with Gasteiger partial charge in [-0.15, -0.1) is 11.3 Å². The van der Waals surface area contributed by atoms with Crippen LogP contribution in [0.2, 0.25) is 5.02 Å². The van der Waals surface area contributed by atoms with Crippen molar-refractivity contribution in [2.45, 2.75) is 11.8 Å². The van der Waals surface area contributed by atoms with Crippen LogP contribution in [-0.4, -0.2) is 57.8 Å². The highest BCUT2D eigenvalue weighted by molar-refractivity contribution is 7.89. The molecule has 162 valence electrons. The fourth-order valence-electron chi connectivity index (χ4n) is 2.15. The second-order valence-electron chi connectivity index (χ2n) is 6.23. The molecule has 1 aromatic carbocycles. The standard InChI is InChI=1S/C18H20ClN3O6S2/c1-11-4-7-15(29-11)18(25)20-9-17(24)28-10-16(23)21-14-8-12(5-6-13(14)19)30(26,27)22(2)3/h4-8H,9-10H2,1-3H3,(H,20,25)(H,21,23). The van der Waals surface area contributed by atoms with Crippen LogP contribution in [0.4, 0.5) is 5.69 Å². The van der Waals surface area contributed by atoms with E-state index in [1.165, 1.54) is 43.6 Å². The molecule has 2 N–H and O–H groups in total. The Morgan fingerprint density at radius 2 is 1.87 bits per heavy atom. The lowest BCUT2D eigenvalue weighted by molar-refractivity contribution is -0.146. The number of hydrogen-bond donors (Lipinski definition) is 2. The Kier molecular flexibility index (Phi) is 7.96. The first-order valence-electron chi connectivity index (χ1n) is 8.53. The number of anilines is 1. The Bertz CT molecular complexity index is 1070. The fraction of sp³-hybridized carbons (Fsp3) is 0.278. The van der Waals surface area contributed by atoms with Gasteiger partial charge < -0.3 is 15.4 Å². The number of carbonyl (C=O) groups excluding carboxylic acids is 3. The molecular formula is C18H20ClN3O6S2. The number of benzene rings is 1. The molecule has 0 saturated carbocycles. The van der Waals surface area contributed by atoms with Crippen molar-refractivity contribution in [2.24, 2.45) is 0 Å². The predicted molar refractivity (Wildman–Crippen MR) is 113 cm³/mol. The molecule has 0 aliphatic rings. The number of thiophene rings is 1. The topological polar surface area (TPSA) is 122 Å². The minimum Gasteiger partial charge on any atom is -0.454 e. The molecule has 0 saturated heterocycles. The van der Waals surface area contributed by atoms with Gasteiger partial charge in [0, 0.05) is 19.0 Å². The molecule has 0 spiro atoms. The highest BCUT2D eigenvalue weighted by Crippen LogP contribution is 2.26. The minimum absolute atomic E-state index is 0.0574. The monoisotopic (exact) mass is 473 g/mol. The highest BCUT2D eigenvalue weighted by atomic mass is 35.5. The Morgan fingerprint density at radius 1 is 1.17 bits per heavy atom. The van der Waals surface area contributed by atoms with Gasteiger partial charge in [0.05, 0.1) is 20.5 Å². The third-order valence-corrected chi connectivity index (χ3v) is 6.85. The van der Waals surface area contributed by atoms with E-state index in [1.807, 2.05) is 6.92 Å². The van der Waals surface area contributed by atoms with E-state index in [1.54, 1.807) is 12.1 Å². The van der Waals surface area contributed by atoms with Crippen molar-refractivity contribution < 1.29 is 27.5 Å². The molecule has 0 radical (unpaired) electrons. The van der Waals surface area contributed by atoms with Gasteiger partial charge in [0.2, 0.25) is 10.0 Å². The predicted octanol–water partition coefficient (Wildman–Crippen LogP) is 1.87. The number of hydrogen-bond acceptors (Lipinski definition) is 7. The Hall–Kier alpha value is -2.47. The number of sulfonamides is 1. The summed E-state index contributed by atoms with van der Waals surface area (Å²) < 4.78 is 30.2. The van der Waals surface area contributed by atoms with E-state index in [0.717, 1.165) is 9.18 Å². The van der Waals surface area contributed by atoms with Crippen LogP contribution >= 0.6 is 22.9 Å². The summed E-state index contributed by atoms with van der Waals surface area (Å²) in [4.78, 5) is 37.0. The van der Waals surface area contributed by atoms with E-state index in [4.69, 9.17) is 16.3 Å². The first-order chi connectivity index (χ1) is 14.0. The largest absolute Gasteiger partial charge is 0.454 e. The van der Waals surface area contributed by atoms with Crippen molar-refractivity contribution in [1.82, 2.24) is 9.62 Å². The zero-order valence-corrected chi connectivity index (χ0v) is 18.8. The molecule has 1 heterocycles. The van der Waals surface area contributed by atoms with Gasteiger partial charge in [-0.3, -0.25) is 14.4 Å². The molecular weight excluding hydrogens is 454 g/mol. The lowest BCUT2D eigenvalue weighted by Crippen LogP contribution is -2.31. The van der Waals surface area contributed by atoms with Crippen molar-refractivity contribution in [1.29, 1.82) is 0 Å². The SMILES string of the molecule is Cc1ccc(C(=O)NCC(=O)OCC(=O)Nc2cc(S(=O)(=O)N(C)C)ccc2Cl)s1. The van der Waals surface area contributed by atoms with Crippen LogP contribution in [0.1, 0.15) is 14.5 Å². The van der Waals surface area contributed by atoms with Gasteiger partial charge in [-0.1, -0.05) is 11.6 Å². The van der Waals surface area contributed by atoms with E-state index in [2.05, 4.69) is 10.6 Å². The zero-order chi connectivity index (χ0) is 22.5. The smallest absolute Gasteiger partial charge is 0.325 e. The average molecular weight is 474 g/mol. The van der Waals surface area contributed by atoms with Gasteiger partial charge in [-0.2, -0.15) is 0 Å². The van der Waals surface area contributed by atoms with Crippen molar-refractivity contribution >= 4 is 56.4 Å². The third-order valence-electron chi connectivity index (χ3n) is 3.71. The molecule has 1 aromatic heterocycles. The summed E-state index contributed by atoms with van der Waals surface area (Å²) in [7, 11) is -0.966. The van der Waals surface area contributed by atoms with E-state index in [9.17, 15) is 22.8 Å². The first kappa shape index (κ1) is 23.8. The Balaban J connectivity index is 1.88. The number of esters is 1. The van der Waals surface area contributed by atoms with Crippen LogP contribution < -0.4 is 10.6 Å². The molecule has 0 atom stereocenters.